The van der Waals surface area contributed by atoms with Crippen LogP contribution in [0.3, 0.4) is 0 Å². The molecule has 7 aliphatic carbocycles. The highest BCUT2D eigenvalue weighted by Gasteiger charge is 2.69. The van der Waals surface area contributed by atoms with Crippen molar-refractivity contribution < 1.29 is 71.4 Å². The van der Waals surface area contributed by atoms with Crippen molar-refractivity contribution in [2.45, 2.75) is 148 Å². The van der Waals surface area contributed by atoms with Crippen molar-refractivity contribution in [3.63, 3.8) is 0 Å². The van der Waals surface area contributed by atoms with Gasteiger partial charge in [0.1, 0.15) is 24.2 Å². The van der Waals surface area contributed by atoms with Crippen molar-refractivity contribution in [1.29, 1.82) is 0 Å². The van der Waals surface area contributed by atoms with Crippen LogP contribution in [0.15, 0.2) is 0 Å². The molecule has 27 unspecified atom stereocenters. The maximum atomic E-state index is 11.6. The Bertz CT molecular complexity index is 1970. The number of hydrogen-bond donors (Lipinski definition) is 0. The van der Waals surface area contributed by atoms with Gasteiger partial charge < -0.3 is 42.6 Å². The number of ether oxygens (including phenoxy) is 9. The maximum Gasteiger partial charge on any atom is 0.313 e. The van der Waals surface area contributed by atoms with E-state index in [1.165, 1.54) is 58.5 Å². The van der Waals surface area contributed by atoms with E-state index in [4.69, 9.17) is 42.6 Å². The third-order valence-corrected chi connectivity index (χ3v) is 21.0. The lowest BCUT2D eigenvalue weighted by Gasteiger charge is -2.47. The molecule has 10 heterocycles. The normalized spacial score (nSPS) is 52.8. The van der Waals surface area contributed by atoms with E-state index in [1.807, 2.05) is 6.92 Å². The summed E-state index contributed by atoms with van der Waals surface area (Å²) in [5, 5.41) is 0. The van der Waals surface area contributed by atoms with Gasteiger partial charge in [0.2, 0.25) is 0 Å². The number of esters is 6. The second-order valence-electron chi connectivity index (χ2n) is 24.4. The molecule has 17 fully saturated rings. The summed E-state index contributed by atoms with van der Waals surface area (Å²) in [4.78, 5) is 68.4. The van der Waals surface area contributed by atoms with E-state index < -0.39 is 11.8 Å². The average molecular weight is 965 g/mol. The van der Waals surface area contributed by atoms with Crippen LogP contribution in [0.25, 0.3) is 0 Å². The molecular weight excluding hydrogens is 889 g/mol. The van der Waals surface area contributed by atoms with E-state index in [0.717, 1.165) is 62.3 Å². The van der Waals surface area contributed by atoms with Crippen LogP contribution in [0.4, 0.5) is 0 Å². The summed E-state index contributed by atoms with van der Waals surface area (Å²) in [6.07, 6.45) is 13.1. The Morgan fingerprint density at radius 2 is 1.13 bits per heavy atom. The van der Waals surface area contributed by atoms with Crippen molar-refractivity contribution in [3.8, 4) is 0 Å². The van der Waals surface area contributed by atoms with E-state index in [2.05, 4.69) is 34.6 Å². The molecule has 0 aromatic rings. The molecule has 0 radical (unpaired) electrons. The van der Waals surface area contributed by atoms with Gasteiger partial charge in [0.05, 0.1) is 80.9 Å². The van der Waals surface area contributed by atoms with Crippen LogP contribution in [0.5, 0.6) is 0 Å². The minimum Gasteiger partial charge on any atom is -0.469 e. The highest BCUT2D eigenvalue weighted by Crippen LogP contribution is 2.59. The fraction of sp³-hybridized carbons (Fsp3) is 0.889. The second-order valence-corrected chi connectivity index (χ2v) is 24.4. The van der Waals surface area contributed by atoms with Gasteiger partial charge in [0.25, 0.3) is 0 Å². The van der Waals surface area contributed by atoms with Gasteiger partial charge >= 0.3 is 35.8 Å². The summed E-state index contributed by atoms with van der Waals surface area (Å²) < 4.78 is 47.1. The first-order chi connectivity index (χ1) is 33.1. The quantitative estimate of drug-likeness (QED) is 0.220. The van der Waals surface area contributed by atoms with E-state index in [1.54, 1.807) is 0 Å². The number of rotatable bonds is 1. The van der Waals surface area contributed by atoms with Gasteiger partial charge in [-0.3, -0.25) is 28.8 Å². The van der Waals surface area contributed by atoms with Crippen LogP contribution < -0.4 is 0 Å². The molecule has 0 amide bonds. The van der Waals surface area contributed by atoms with Gasteiger partial charge in [-0.2, -0.15) is 0 Å². The molecule has 15 nitrogen and oxygen atoms in total. The first kappa shape index (κ1) is 48.0. The Labute approximate surface area is 406 Å². The molecule has 15 heteroatoms. The standard InChI is InChI=1S/C11H16O2.C10H12O5.C10H14O2.C9H12O3.C9H12O2.C5H10O/c1-6-4-7-2-3-8(6)9-5-13-11(12)10(7)9;1-3-6-4(9(11)13-2)5-8(14-6)7(3)15-10(5)12;1-5-2-6-3-7(5)8-4-12-10(11)9(6)8;1-4-2-6-7-5(8(4)12-6)3-11-9(7)10;1-4-5-2-6-7(3-5)9(10)11-8(4)6;1-5-3-2-4-6-5/h6-10H,2-5H2,1H3;3-8H,1-2H3;5-9H,2-4H2,1H3;4-8H,2-3H2,1H3;4-8H,2-3H2,1H3;5H,2-4H2,1H3. The first-order valence-electron chi connectivity index (χ1n) is 27.0. The number of fused-ring (bicyclic) bond motifs is 14. The Hall–Kier alpha value is -3.30. The third-order valence-electron chi connectivity index (χ3n) is 21.0. The summed E-state index contributed by atoms with van der Waals surface area (Å²) in [6.45, 7) is 16.2. The van der Waals surface area contributed by atoms with Crippen LogP contribution in [0, 0.1) is 118 Å². The Balaban J connectivity index is 0.0000000917. The second kappa shape index (κ2) is 18.6. The zero-order chi connectivity index (χ0) is 48.3. The smallest absolute Gasteiger partial charge is 0.313 e. The molecule has 7 saturated carbocycles. The molecule has 382 valence electrons. The predicted molar refractivity (Wildman–Crippen MR) is 242 cm³/mol. The lowest BCUT2D eigenvalue weighted by molar-refractivity contribution is -0.153. The molecule has 10 saturated heterocycles. The molecule has 10 aliphatic heterocycles. The number of methoxy groups -OCH3 is 1. The summed E-state index contributed by atoms with van der Waals surface area (Å²) in [5.74, 6) is 8.46. The van der Waals surface area contributed by atoms with Crippen LogP contribution >= 0.6 is 0 Å². The van der Waals surface area contributed by atoms with E-state index >= 15 is 0 Å². The minimum atomic E-state index is -0.471. The largest absolute Gasteiger partial charge is 0.469 e. The fourth-order valence-electron chi connectivity index (χ4n) is 17.6. The van der Waals surface area contributed by atoms with Crippen molar-refractivity contribution in [2.24, 2.45) is 118 Å². The zero-order valence-electron chi connectivity index (χ0n) is 41.6. The summed E-state index contributed by atoms with van der Waals surface area (Å²) in [6, 6.07) is 0. The van der Waals surface area contributed by atoms with Crippen LogP contribution in [-0.4, -0.2) is 112 Å². The molecule has 69 heavy (non-hydrogen) atoms. The lowest BCUT2D eigenvalue weighted by atomic mass is 9.56. The van der Waals surface area contributed by atoms with Gasteiger partial charge in [-0.15, -0.1) is 0 Å². The maximum absolute atomic E-state index is 11.6. The molecule has 17 rings (SSSR count). The van der Waals surface area contributed by atoms with Gasteiger partial charge in [-0.05, 0) is 124 Å². The molecule has 10 bridgehead atoms. The highest BCUT2D eigenvalue weighted by atomic mass is 16.6. The number of carbonyl (C=O) groups excluding carboxylic acids is 6. The molecule has 0 spiro atoms. The van der Waals surface area contributed by atoms with Gasteiger partial charge in [0, 0.05) is 36.2 Å². The summed E-state index contributed by atoms with van der Waals surface area (Å²) in [7, 11) is 1.33. The van der Waals surface area contributed by atoms with E-state index in [9.17, 15) is 28.8 Å². The first-order valence-corrected chi connectivity index (χ1v) is 27.0. The van der Waals surface area contributed by atoms with Gasteiger partial charge in [0.15, 0.2) is 0 Å². The number of hydrogen-bond acceptors (Lipinski definition) is 15. The molecule has 27 atom stereocenters. The Morgan fingerprint density at radius 3 is 1.77 bits per heavy atom. The predicted octanol–water partition coefficient (Wildman–Crippen LogP) is 6.00. The molecule has 17 aliphatic rings. The highest BCUT2D eigenvalue weighted by molar-refractivity contribution is 5.86. The van der Waals surface area contributed by atoms with E-state index in [0.29, 0.717) is 84.1 Å². The molecule has 0 N–H and O–H groups in total. The monoisotopic (exact) mass is 965 g/mol. The van der Waals surface area contributed by atoms with Crippen LogP contribution in [0.1, 0.15) is 106 Å². The molecule has 0 aromatic heterocycles. The van der Waals surface area contributed by atoms with Crippen molar-refractivity contribution in [3.05, 3.63) is 0 Å². The summed E-state index contributed by atoms with van der Waals surface area (Å²) in [5.41, 5.74) is 0. The van der Waals surface area contributed by atoms with Crippen LogP contribution in [-0.2, 0) is 71.4 Å². The lowest BCUT2D eigenvalue weighted by Crippen LogP contribution is -2.44. The van der Waals surface area contributed by atoms with Crippen molar-refractivity contribution in [2.75, 3.05) is 33.5 Å². The summed E-state index contributed by atoms with van der Waals surface area (Å²) >= 11 is 0. The van der Waals surface area contributed by atoms with E-state index in [-0.39, 0.29) is 78.0 Å². The Morgan fingerprint density at radius 1 is 0.493 bits per heavy atom. The minimum absolute atomic E-state index is 0.0283. The van der Waals surface area contributed by atoms with Gasteiger partial charge in [-0.1, -0.05) is 34.6 Å². The molecular formula is C54H76O15. The van der Waals surface area contributed by atoms with Crippen molar-refractivity contribution >= 4 is 35.8 Å². The zero-order valence-corrected chi connectivity index (χ0v) is 41.6. The van der Waals surface area contributed by atoms with Crippen molar-refractivity contribution in [1.82, 2.24) is 0 Å². The average Bonchev–Trinajstić information content (AvgIpc) is 4.15. The number of carbonyl (C=O) groups is 6. The topological polar surface area (TPSA) is 185 Å². The van der Waals surface area contributed by atoms with Gasteiger partial charge in [-0.25, -0.2) is 0 Å². The Kier molecular flexibility index (Phi) is 13.0. The van der Waals surface area contributed by atoms with Crippen LogP contribution in [0.2, 0.25) is 0 Å². The fourth-order valence-corrected chi connectivity index (χ4v) is 17.6. The third kappa shape index (κ3) is 8.05. The molecule has 0 aromatic carbocycles. The SMILES string of the molecule is CC1C2CC3C(=O)OC1C3C2.CC1CC2CC1C1COC(=O)C21.CC1CC2CCC1C1COC(=O)C21.CC1CC2OC1C1COC(=O)C21.CC1CCCO1.COC(=O)C1C2OC3C(OC(=O)C31)C2C. The number of cyclic esters (lactones) is 3.